The minimum absolute atomic E-state index is 0.411. The first-order chi connectivity index (χ1) is 8.20. The second-order valence-corrected chi connectivity index (χ2v) is 4.91. The van der Waals surface area contributed by atoms with Crippen LogP contribution in [-0.4, -0.2) is 33.6 Å². The van der Waals surface area contributed by atoms with Crippen LogP contribution in [0.15, 0.2) is 24.3 Å². The number of aliphatic carboxylic acids is 1. The maximum absolute atomic E-state index is 11.0. The van der Waals surface area contributed by atoms with Crippen LogP contribution in [0.2, 0.25) is 0 Å². The van der Waals surface area contributed by atoms with Gasteiger partial charge in [-0.05, 0) is 17.7 Å². The third kappa shape index (κ3) is 2.78. The van der Waals surface area contributed by atoms with Gasteiger partial charge in [-0.1, -0.05) is 12.1 Å². The van der Waals surface area contributed by atoms with E-state index < -0.39 is 12.0 Å². The van der Waals surface area contributed by atoms with E-state index in [4.69, 9.17) is 10.4 Å². The molecule has 1 saturated heterocycles. The molecule has 1 N–H and O–H groups in total. The minimum atomic E-state index is -0.772. The van der Waals surface area contributed by atoms with E-state index in [0.29, 0.717) is 17.9 Å². The second kappa shape index (κ2) is 5.21. The second-order valence-electron chi connectivity index (χ2n) is 3.91. The van der Waals surface area contributed by atoms with Gasteiger partial charge in [0.25, 0.3) is 0 Å². The van der Waals surface area contributed by atoms with Crippen molar-refractivity contribution in [3.05, 3.63) is 35.4 Å². The summed E-state index contributed by atoms with van der Waals surface area (Å²) in [5.74, 6) is 0.590. The third-order valence-corrected chi connectivity index (χ3v) is 3.77. The van der Waals surface area contributed by atoms with Gasteiger partial charge >= 0.3 is 5.97 Å². The molecule has 1 aromatic rings. The zero-order valence-electron chi connectivity index (χ0n) is 9.17. The number of thioether (sulfide) groups is 1. The summed E-state index contributed by atoms with van der Waals surface area (Å²) >= 11 is 1.63. The fourth-order valence-corrected chi connectivity index (χ4v) is 3.02. The molecule has 0 radical (unpaired) electrons. The maximum Gasteiger partial charge on any atom is 0.321 e. The van der Waals surface area contributed by atoms with Crippen LogP contribution >= 0.6 is 11.8 Å². The van der Waals surface area contributed by atoms with E-state index in [1.807, 2.05) is 23.1 Å². The molecular weight excluding hydrogens is 236 g/mol. The van der Waals surface area contributed by atoms with Crippen molar-refractivity contribution in [2.45, 2.75) is 12.6 Å². The summed E-state index contributed by atoms with van der Waals surface area (Å²) < 4.78 is 0. The smallest absolute Gasteiger partial charge is 0.321 e. The molecule has 1 atom stereocenters. The Labute approximate surface area is 104 Å². The van der Waals surface area contributed by atoms with Crippen LogP contribution < -0.4 is 0 Å². The molecule has 1 aliphatic rings. The summed E-state index contributed by atoms with van der Waals surface area (Å²) in [5, 5.41) is 17.9. The molecule has 0 bridgehead atoms. The van der Waals surface area contributed by atoms with Crippen LogP contribution in [-0.2, 0) is 11.3 Å². The lowest BCUT2D eigenvalue weighted by Crippen LogP contribution is -2.37. The van der Waals surface area contributed by atoms with Crippen LogP contribution in [0.25, 0.3) is 0 Å². The number of benzene rings is 1. The molecular formula is C12H12N2O2S. The van der Waals surface area contributed by atoms with Gasteiger partial charge < -0.3 is 5.11 Å². The normalized spacial score (nSPS) is 20.1. The number of rotatable bonds is 3. The van der Waals surface area contributed by atoms with Crippen molar-refractivity contribution in [2.24, 2.45) is 0 Å². The molecule has 88 valence electrons. The number of hydrogen-bond donors (Lipinski definition) is 1. The number of carboxylic acids is 1. The summed E-state index contributed by atoms with van der Waals surface area (Å²) in [4.78, 5) is 12.9. The summed E-state index contributed by atoms with van der Waals surface area (Å²) in [5.41, 5.74) is 1.60. The van der Waals surface area contributed by atoms with Gasteiger partial charge in [-0.2, -0.15) is 5.26 Å². The van der Waals surface area contributed by atoms with Crippen LogP contribution in [0.3, 0.4) is 0 Å². The Kier molecular flexibility index (Phi) is 3.67. The van der Waals surface area contributed by atoms with E-state index in [0.717, 1.165) is 11.4 Å². The lowest BCUT2D eigenvalue weighted by atomic mass is 10.1. The molecule has 0 aliphatic carbocycles. The number of carboxylic acid groups (broad SMARTS) is 1. The van der Waals surface area contributed by atoms with Gasteiger partial charge in [0.15, 0.2) is 0 Å². The molecule has 1 unspecified atom stereocenters. The summed E-state index contributed by atoms with van der Waals surface area (Å²) in [6, 6.07) is 8.97. The Bertz CT molecular complexity index is 470. The monoisotopic (exact) mass is 248 g/mol. The standard InChI is InChI=1S/C12H12N2O2S/c13-5-9-2-1-3-10(4-9)6-14-8-17-7-11(14)12(15)16/h1-4,11H,6-8H2,(H,15,16). The predicted molar refractivity (Wildman–Crippen MR) is 65.4 cm³/mol. The highest BCUT2D eigenvalue weighted by molar-refractivity contribution is 7.99. The SMILES string of the molecule is N#Cc1cccc(CN2CSCC2C(=O)O)c1. The van der Waals surface area contributed by atoms with Crippen LogP contribution in [0.5, 0.6) is 0 Å². The summed E-state index contributed by atoms with van der Waals surface area (Å²) in [6.07, 6.45) is 0. The van der Waals surface area contributed by atoms with E-state index >= 15 is 0 Å². The van der Waals surface area contributed by atoms with Gasteiger partial charge in [0.1, 0.15) is 6.04 Å². The van der Waals surface area contributed by atoms with E-state index in [2.05, 4.69) is 6.07 Å². The molecule has 1 fully saturated rings. The van der Waals surface area contributed by atoms with Gasteiger partial charge in [0, 0.05) is 18.2 Å². The lowest BCUT2D eigenvalue weighted by molar-refractivity contribution is -0.141. The molecule has 1 aliphatic heterocycles. The average molecular weight is 248 g/mol. The molecule has 5 heteroatoms. The van der Waals surface area contributed by atoms with E-state index in [-0.39, 0.29) is 0 Å². The maximum atomic E-state index is 11.0. The van der Waals surface area contributed by atoms with Gasteiger partial charge in [-0.3, -0.25) is 9.69 Å². The van der Waals surface area contributed by atoms with Crippen molar-refractivity contribution >= 4 is 17.7 Å². The van der Waals surface area contributed by atoms with Gasteiger partial charge in [0.2, 0.25) is 0 Å². The first-order valence-electron chi connectivity index (χ1n) is 5.24. The van der Waals surface area contributed by atoms with Gasteiger partial charge in [-0.15, -0.1) is 11.8 Å². The van der Waals surface area contributed by atoms with E-state index in [9.17, 15) is 4.79 Å². The summed E-state index contributed by atoms with van der Waals surface area (Å²) in [7, 11) is 0. The molecule has 0 spiro atoms. The van der Waals surface area contributed by atoms with Crippen LogP contribution in [0, 0.1) is 11.3 Å². The van der Waals surface area contributed by atoms with E-state index in [1.54, 1.807) is 17.8 Å². The Morgan fingerprint density at radius 1 is 1.65 bits per heavy atom. The Morgan fingerprint density at radius 2 is 2.47 bits per heavy atom. The average Bonchev–Trinajstić information content (AvgIpc) is 2.77. The highest BCUT2D eigenvalue weighted by Crippen LogP contribution is 2.23. The van der Waals surface area contributed by atoms with Crippen molar-refractivity contribution < 1.29 is 9.90 Å². The van der Waals surface area contributed by atoms with Crippen molar-refractivity contribution in [1.29, 1.82) is 5.26 Å². The number of hydrogen-bond acceptors (Lipinski definition) is 4. The molecule has 0 saturated carbocycles. The van der Waals surface area contributed by atoms with E-state index in [1.165, 1.54) is 0 Å². The molecule has 4 nitrogen and oxygen atoms in total. The van der Waals surface area contributed by atoms with Crippen molar-refractivity contribution in [3.63, 3.8) is 0 Å². The van der Waals surface area contributed by atoms with Gasteiger partial charge in [-0.25, -0.2) is 0 Å². The lowest BCUT2D eigenvalue weighted by Gasteiger charge is -2.19. The van der Waals surface area contributed by atoms with Gasteiger partial charge in [0.05, 0.1) is 11.6 Å². The van der Waals surface area contributed by atoms with Crippen LogP contribution in [0.1, 0.15) is 11.1 Å². The first kappa shape index (κ1) is 12.0. The molecule has 17 heavy (non-hydrogen) atoms. The third-order valence-electron chi connectivity index (χ3n) is 2.70. The minimum Gasteiger partial charge on any atom is -0.480 e. The quantitative estimate of drug-likeness (QED) is 0.878. The topological polar surface area (TPSA) is 64.3 Å². The zero-order chi connectivity index (χ0) is 12.3. The molecule has 0 aromatic heterocycles. The Hall–Kier alpha value is -1.51. The molecule has 1 heterocycles. The zero-order valence-corrected chi connectivity index (χ0v) is 9.98. The molecule has 2 rings (SSSR count). The summed E-state index contributed by atoms with van der Waals surface area (Å²) in [6.45, 7) is 0.583. The Balaban J connectivity index is 2.10. The number of nitriles is 1. The molecule has 0 amide bonds. The van der Waals surface area contributed by atoms with Crippen molar-refractivity contribution in [3.8, 4) is 6.07 Å². The van der Waals surface area contributed by atoms with Crippen molar-refractivity contribution in [2.75, 3.05) is 11.6 Å². The largest absolute Gasteiger partial charge is 0.480 e. The number of nitrogens with zero attached hydrogens (tertiary/aromatic N) is 2. The Morgan fingerprint density at radius 3 is 3.18 bits per heavy atom. The van der Waals surface area contributed by atoms with Crippen molar-refractivity contribution in [1.82, 2.24) is 4.90 Å². The fraction of sp³-hybridized carbons (Fsp3) is 0.333. The predicted octanol–water partition coefficient (Wildman–Crippen LogP) is 1.52. The fourth-order valence-electron chi connectivity index (χ4n) is 1.83. The molecule has 1 aromatic carbocycles. The van der Waals surface area contributed by atoms with Crippen LogP contribution in [0.4, 0.5) is 0 Å². The highest BCUT2D eigenvalue weighted by atomic mass is 32.2. The highest BCUT2D eigenvalue weighted by Gasteiger charge is 2.30. The number of carbonyl (C=O) groups is 1. The first-order valence-corrected chi connectivity index (χ1v) is 6.40.